The van der Waals surface area contributed by atoms with E-state index in [-0.39, 0.29) is 11.3 Å². The minimum atomic E-state index is -3.80. The summed E-state index contributed by atoms with van der Waals surface area (Å²) in [5.74, 6) is -1.10. The largest absolute Gasteiger partial charge is 0.452 e. The van der Waals surface area contributed by atoms with Crippen LogP contribution in [-0.4, -0.2) is 26.4 Å². The summed E-state index contributed by atoms with van der Waals surface area (Å²) >= 11 is 5.78. The molecule has 3 N–H and O–H groups in total. The Balaban J connectivity index is 1.90. The summed E-state index contributed by atoms with van der Waals surface area (Å²) in [6, 6.07) is 12.0. The zero-order valence-electron chi connectivity index (χ0n) is 13.8. The predicted molar refractivity (Wildman–Crippen MR) is 97.2 cm³/mol. The molecule has 0 bridgehead atoms. The number of nitrogens with two attached hydrogens (primary N) is 1. The minimum Gasteiger partial charge on any atom is -0.452 e. The lowest BCUT2D eigenvalue weighted by atomic mass is 10.1. The molecule has 2 aromatic rings. The topological polar surface area (TPSA) is 116 Å². The fourth-order valence-corrected chi connectivity index (χ4v) is 2.67. The molecule has 26 heavy (non-hydrogen) atoms. The number of primary sulfonamides is 1. The van der Waals surface area contributed by atoms with E-state index in [9.17, 15) is 18.0 Å². The van der Waals surface area contributed by atoms with Gasteiger partial charge in [-0.05, 0) is 48.9 Å². The van der Waals surface area contributed by atoms with Crippen LogP contribution in [0.5, 0.6) is 0 Å². The molecule has 0 aromatic heterocycles. The summed E-state index contributed by atoms with van der Waals surface area (Å²) in [6.07, 6.45) is -1.01. The van der Waals surface area contributed by atoms with Crippen LogP contribution in [0.1, 0.15) is 12.5 Å². The standard InChI is InChI=1S/C17H17ClN2O5S/c1-11(25-16(21)10-12-2-4-13(18)5-3-12)17(22)20-14-6-8-15(9-7-14)26(19,23)24/h2-9,11H,10H2,1H3,(H,20,22)(H2,19,23,24)/t11-/m0/s1. The number of carbonyl (C=O) groups excluding carboxylic acids is 2. The molecule has 0 heterocycles. The molecule has 0 aliphatic carbocycles. The highest BCUT2D eigenvalue weighted by Crippen LogP contribution is 2.14. The van der Waals surface area contributed by atoms with Gasteiger partial charge in [0.2, 0.25) is 10.0 Å². The van der Waals surface area contributed by atoms with Crippen molar-refractivity contribution < 1.29 is 22.7 Å². The molecule has 0 radical (unpaired) electrons. The molecule has 0 saturated carbocycles. The van der Waals surface area contributed by atoms with E-state index in [1.807, 2.05) is 0 Å². The zero-order valence-corrected chi connectivity index (χ0v) is 15.4. The third-order valence-corrected chi connectivity index (χ3v) is 4.57. The van der Waals surface area contributed by atoms with Crippen molar-refractivity contribution in [2.24, 2.45) is 5.14 Å². The van der Waals surface area contributed by atoms with Crippen molar-refractivity contribution in [3.8, 4) is 0 Å². The Morgan fingerprint density at radius 2 is 1.69 bits per heavy atom. The Kier molecular flexibility index (Phi) is 6.36. The van der Waals surface area contributed by atoms with Gasteiger partial charge in [0, 0.05) is 10.7 Å². The Hall–Kier alpha value is -2.42. The Labute approximate surface area is 156 Å². The maximum atomic E-state index is 12.1. The van der Waals surface area contributed by atoms with Crippen molar-refractivity contribution in [1.29, 1.82) is 0 Å². The van der Waals surface area contributed by atoms with Crippen LogP contribution in [0.3, 0.4) is 0 Å². The van der Waals surface area contributed by atoms with Gasteiger partial charge in [0.25, 0.3) is 5.91 Å². The maximum Gasteiger partial charge on any atom is 0.311 e. The zero-order chi connectivity index (χ0) is 19.3. The molecule has 0 fully saturated rings. The number of esters is 1. The molecule has 138 valence electrons. The van der Waals surface area contributed by atoms with Crippen LogP contribution >= 0.6 is 11.6 Å². The van der Waals surface area contributed by atoms with Crippen LogP contribution in [-0.2, 0) is 30.8 Å². The van der Waals surface area contributed by atoms with Gasteiger partial charge in [0.1, 0.15) is 0 Å². The van der Waals surface area contributed by atoms with Gasteiger partial charge in [0.05, 0.1) is 11.3 Å². The molecule has 2 rings (SSSR count). The molecule has 0 aliphatic rings. The number of amides is 1. The Bertz CT molecular complexity index is 896. The molecule has 2 aromatic carbocycles. The van der Waals surface area contributed by atoms with E-state index in [0.717, 1.165) is 0 Å². The second kappa shape index (κ2) is 8.31. The number of rotatable bonds is 6. The summed E-state index contributed by atoms with van der Waals surface area (Å²) < 4.78 is 27.5. The van der Waals surface area contributed by atoms with E-state index in [1.54, 1.807) is 24.3 Å². The Morgan fingerprint density at radius 3 is 2.23 bits per heavy atom. The van der Waals surface area contributed by atoms with Gasteiger partial charge in [0.15, 0.2) is 6.10 Å². The van der Waals surface area contributed by atoms with Crippen molar-refractivity contribution in [3.05, 3.63) is 59.1 Å². The summed E-state index contributed by atoms with van der Waals surface area (Å²) in [5, 5.41) is 8.09. The number of anilines is 1. The van der Waals surface area contributed by atoms with Gasteiger partial charge in [-0.2, -0.15) is 0 Å². The smallest absolute Gasteiger partial charge is 0.311 e. The number of hydrogen-bond donors (Lipinski definition) is 2. The molecule has 0 spiro atoms. The summed E-state index contributed by atoms with van der Waals surface area (Å²) in [7, 11) is -3.80. The quantitative estimate of drug-likeness (QED) is 0.725. The average Bonchev–Trinajstić information content (AvgIpc) is 2.56. The molecule has 0 aliphatic heterocycles. The second-order valence-corrected chi connectivity index (χ2v) is 7.49. The highest BCUT2D eigenvalue weighted by Gasteiger charge is 2.18. The molecule has 9 heteroatoms. The van der Waals surface area contributed by atoms with Gasteiger partial charge in [-0.3, -0.25) is 9.59 Å². The van der Waals surface area contributed by atoms with Crippen LogP contribution in [0.2, 0.25) is 5.02 Å². The van der Waals surface area contributed by atoms with Gasteiger partial charge >= 0.3 is 5.97 Å². The van der Waals surface area contributed by atoms with Crippen molar-refractivity contribution in [2.45, 2.75) is 24.3 Å². The fraction of sp³-hybridized carbons (Fsp3) is 0.176. The van der Waals surface area contributed by atoms with Crippen LogP contribution in [0.4, 0.5) is 5.69 Å². The summed E-state index contributed by atoms with van der Waals surface area (Å²) in [4.78, 5) is 23.9. The number of nitrogens with one attached hydrogen (secondary N) is 1. The lowest BCUT2D eigenvalue weighted by molar-refractivity contribution is -0.152. The monoisotopic (exact) mass is 396 g/mol. The van der Waals surface area contributed by atoms with E-state index >= 15 is 0 Å². The first kappa shape index (κ1) is 19.9. The highest BCUT2D eigenvalue weighted by molar-refractivity contribution is 7.89. The van der Waals surface area contributed by atoms with Crippen LogP contribution in [0, 0.1) is 0 Å². The number of ether oxygens (including phenoxy) is 1. The van der Waals surface area contributed by atoms with Crippen LogP contribution in [0.25, 0.3) is 0 Å². The maximum absolute atomic E-state index is 12.1. The lowest BCUT2D eigenvalue weighted by Gasteiger charge is -2.14. The second-order valence-electron chi connectivity index (χ2n) is 5.49. The third kappa shape index (κ3) is 5.83. The summed E-state index contributed by atoms with van der Waals surface area (Å²) in [5.41, 5.74) is 1.06. The van der Waals surface area contributed by atoms with E-state index in [1.165, 1.54) is 31.2 Å². The molecule has 1 atom stereocenters. The first-order valence-corrected chi connectivity index (χ1v) is 9.45. The number of sulfonamides is 1. The van der Waals surface area contributed by atoms with Crippen LogP contribution in [0.15, 0.2) is 53.4 Å². The lowest BCUT2D eigenvalue weighted by Crippen LogP contribution is -2.30. The van der Waals surface area contributed by atoms with Gasteiger partial charge in [-0.25, -0.2) is 13.6 Å². The molecule has 0 saturated heterocycles. The SMILES string of the molecule is C[C@H](OC(=O)Cc1ccc(Cl)cc1)C(=O)Nc1ccc(S(N)(=O)=O)cc1. The predicted octanol–water partition coefficient (Wildman–Crippen LogP) is 2.10. The van der Waals surface area contributed by atoms with Crippen molar-refractivity contribution in [2.75, 3.05) is 5.32 Å². The van der Waals surface area contributed by atoms with Gasteiger partial charge < -0.3 is 10.1 Å². The van der Waals surface area contributed by atoms with E-state index in [4.69, 9.17) is 21.5 Å². The normalized spacial score (nSPS) is 12.3. The highest BCUT2D eigenvalue weighted by atomic mass is 35.5. The van der Waals surface area contributed by atoms with Crippen molar-refractivity contribution in [3.63, 3.8) is 0 Å². The average molecular weight is 397 g/mol. The van der Waals surface area contributed by atoms with E-state index in [2.05, 4.69) is 5.32 Å². The number of halogens is 1. The first-order chi connectivity index (χ1) is 12.1. The molecular formula is C17H17ClN2O5S. The van der Waals surface area contributed by atoms with E-state index in [0.29, 0.717) is 16.3 Å². The van der Waals surface area contributed by atoms with Gasteiger partial charge in [-0.15, -0.1) is 0 Å². The van der Waals surface area contributed by atoms with Crippen LogP contribution < -0.4 is 10.5 Å². The molecule has 0 unspecified atom stereocenters. The number of carbonyl (C=O) groups is 2. The van der Waals surface area contributed by atoms with Crippen molar-refractivity contribution in [1.82, 2.24) is 0 Å². The Morgan fingerprint density at radius 1 is 1.12 bits per heavy atom. The number of benzene rings is 2. The van der Waals surface area contributed by atoms with Crippen molar-refractivity contribution >= 4 is 39.2 Å². The molecule has 1 amide bonds. The number of hydrogen-bond acceptors (Lipinski definition) is 5. The molecule has 7 nitrogen and oxygen atoms in total. The minimum absolute atomic E-state index is 0.0118. The fourth-order valence-electron chi connectivity index (χ4n) is 2.03. The van der Waals surface area contributed by atoms with Gasteiger partial charge in [-0.1, -0.05) is 23.7 Å². The summed E-state index contributed by atoms with van der Waals surface area (Å²) in [6.45, 7) is 1.44. The van der Waals surface area contributed by atoms with E-state index < -0.39 is 28.0 Å². The molecular weight excluding hydrogens is 380 g/mol. The first-order valence-electron chi connectivity index (χ1n) is 7.53. The third-order valence-electron chi connectivity index (χ3n) is 3.39.